The molecule has 1 rings (SSSR count). The topological polar surface area (TPSA) is 52.3 Å². The highest BCUT2D eigenvalue weighted by atomic mass is 35.5. The van der Waals surface area contributed by atoms with E-state index in [-0.39, 0.29) is 23.7 Å². The number of ether oxygens (including phenoxy) is 1. The molecule has 2 N–H and O–H groups in total. The van der Waals surface area contributed by atoms with Gasteiger partial charge in [0.1, 0.15) is 5.82 Å². The Bertz CT molecular complexity index is 317. The molecule has 0 fully saturated rings. The minimum Gasteiger partial charge on any atom is -0.465 e. The zero-order chi connectivity index (χ0) is 9.14. The summed E-state index contributed by atoms with van der Waals surface area (Å²) in [5.74, 6) is -1.25. The number of rotatable bonds is 1. The lowest BCUT2D eigenvalue weighted by Crippen LogP contribution is -2.06. The average Bonchev–Trinajstić information content (AvgIpc) is 2.08. The van der Waals surface area contributed by atoms with Gasteiger partial charge in [0.2, 0.25) is 0 Å². The van der Waals surface area contributed by atoms with E-state index in [1.54, 1.807) is 0 Å². The summed E-state index contributed by atoms with van der Waals surface area (Å²) in [6.07, 6.45) is 0. The Morgan fingerprint density at radius 1 is 1.54 bits per heavy atom. The van der Waals surface area contributed by atoms with E-state index < -0.39 is 11.8 Å². The molecule has 0 radical (unpaired) electrons. The number of esters is 1. The lowest BCUT2D eigenvalue weighted by Gasteiger charge is -2.02. The highest BCUT2D eigenvalue weighted by Gasteiger charge is 2.11. The van der Waals surface area contributed by atoms with Crippen LogP contribution in [0.15, 0.2) is 18.2 Å². The fourth-order valence-corrected chi connectivity index (χ4v) is 0.825. The third-order valence-corrected chi connectivity index (χ3v) is 1.46. The van der Waals surface area contributed by atoms with E-state index in [1.807, 2.05) is 0 Å². The van der Waals surface area contributed by atoms with Gasteiger partial charge in [-0.15, -0.1) is 12.4 Å². The normalized spacial score (nSPS) is 8.77. The van der Waals surface area contributed by atoms with Crippen molar-refractivity contribution in [2.24, 2.45) is 0 Å². The number of benzene rings is 1. The predicted molar refractivity (Wildman–Crippen MR) is 49.4 cm³/mol. The summed E-state index contributed by atoms with van der Waals surface area (Å²) in [6, 6.07) is 3.99. The fraction of sp³-hybridized carbons (Fsp3) is 0.125. The monoisotopic (exact) mass is 205 g/mol. The van der Waals surface area contributed by atoms with Crippen LogP contribution in [0.2, 0.25) is 0 Å². The lowest BCUT2D eigenvalue weighted by atomic mass is 10.2. The van der Waals surface area contributed by atoms with Crippen molar-refractivity contribution in [2.45, 2.75) is 0 Å². The third kappa shape index (κ3) is 2.32. The first-order chi connectivity index (χ1) is 5.66. The van der Waals surface area contributed by atoms with Crippen LogP contribution in [0.4, 0.5) is 10.1 Å². The molecule has 1 aromatic rings. The molecule has 0 saturated carbocycles. The number of methoxy groups -OCH3 is 1. The highest BCUT2D eigenvalue weighted by Crippen LogP contribution is 2.15. The summed E-state index contributed by atoms with van der Waals surface area (Å²) in [7, 11) is 1.21. The first-order valence-electron chi connectivity index (χ1n) is 3.29. The molecule has 0 aliphatic carbocycles. The van der Waals surface area contributed by atoms with Gasteiger partial charge in [-0.3, -0.25) is 0 Å². The van der Waals surface area contributed by atoms with Gasteiger partial charge in [0.05, 0.1) is 18.4 Å². The van der Waals surface area contributed by atoms with Crippen molar-refractivity contribution in [3.8, 4) is 0 Å². The fourth-order valence-electron chi connectivity index (χ4n) is 0.825. The molecule has 0 bridgehead atoms. The zero-order valence-corrected chi connectivity index (χ0v) is 7.73. The first-order valence-corrected chi connectivity index (χ1v) is 3.29. The van der Waals surface area contributed by atoms with E-state index in [0.717, 1.165) is 0 Å². The summed E-state index contributed by atoms with van der Waals surface area (Å²) in [6.45, 7) is 0. The summed E-state index contributed by atoms with van der Waals surface area (Å²) in [4.78, 5) is 10.9. The number of carbonyl (C=O) groups excluding carboxylic acids is 1. The minimum absolute atomic E-state index is 0. The number of nitrogens with two attached hydrogens (primary N) is 1. The maximum atomic E-state index is 12.7. The minimum atomic E-state index is -0.632. The van der Waals surface area contributed by atoms with Crippen LogP contribution in [0, 0.1) is 5.82 Å². The molecule has 0 spiro atoms. The number of carbonyl (C=O) groups is 1. The molecule has 0 aliphatic rings. The van der Waals surface area contributed by atoms with Gasteiger partial charge in [0.15, 0.2) is 0 Å². The smallest absolute Gasteiger partial charge is 0.340 e. The Hall–Kier alpha value is -1.29. The molecule has 0 unspecified atom stereocenters. The van der Waals surface area contributed by atoms with Crippen LogP contribution in [0.3, 0.4) is 0 Å². The standard InChI is InChI=1S/C8H8FNO2.ClH/c1-12-8(11)5-3-2-4-6(9)7(5)10;/h2-4H,10H2,1H3;1H. The average molecular weight is 206 g/mol. The maximum Gasteiger partial charge on any atom is 0.340 e. The summed E-state index contributed by atoms with van der Waals surface area (Å²) >= 11 is 0. The molecule has 0 saturated heterocycles. The largest absolute Gasteiger partial charge is 0.465 e. The van der Waals surface area contributed by atoms with Crippen molar-refractivity contribution in [2.75, 3.05) is 12.8 Å². The van der Waals surface area contributed by atoms with E-state index >= 15 is 0 Å². The number of hydrogen-bond acceptors (Lipinski definition) is 3. The molecule has 3 nitrogen and oxygen atoms in total. The second-order valence-electron chi connectivity index (χ2n) is 2.19. The van der Waals surface area contributed by atoms with Crippen LogP contribution in [-0.4, -0.2) is 13.1 Å². The van der Waals surface area contributed by atoms with Crippen molar-refractivity contribution < 1.29 is 13.9 Å². The number of para-hydroxylation sites is 1. The van der Waals surface area contributed by atoms with Crippen molar-refractivity contribution in [3.63, 3.8) is 0 Å². The number of anilines is 1. The maximum absolute atomic E-state index is 12.7. The Morgan fingerprint density at radius 2 is 2.15 bits per heavy atom. The molecule has 5 heteroatoms. The van der Waals surface area contributed by atoms with Crippen LogP contribution in [-0.2, 0) is 4.74 Å². The SMILES string of the molecule is COC(=O)c1cccc(F)c1N.Cl. The molecule has 0 atom stereocenters. The molecule has 1 aromatic carbocycles. The van der Waals surface area contributed by atoms with Crippen LogP contribution in [0.25, 0.3) is 0 Å². The molecular weight excluding hydrogens is 197 g/mol. The Kier molecular flexibility index (Phi) is 4.20. The van der Waals surface area contributed by atoms with Gasteiger partial charge in [-0.1, -0.05) is 6.07 Å². The number of hydrogen-bond donors (Lipinski definition) is 1. The van der Waals surface area contributed by atoms with E-state index in [2.05, 4.69) is 4.74 Å². The Balaban J connectivity index is 0.00000144. The van der Waals surface area contributed by atoms with Crippen molar-refractivity contribution in [1.29, 1.82) is 0 Å². The van der Waals surface area contributed by atoms with Gasteiger partial charge in [-0.25, -0.2) is 9.18 Å². The molecule has 0 amide bonds. The Morgan fingerprint density at radius 3 is 2.69 bits per heavy atom. The summed E-state index contributed by atoms with van der Waals surface area (Å²) < 4.78 is 17.1. The van der Waals surface area contributed by atoms with Gasteiger partial charge in [0.25, 0.3) is 0 Å². The quantitative estimate of drug-likeness (QED) is 0.560. The lowest BCUT2D eigenvalue weighted by molar-refractivity contribution is 0.0601. The van der Waals surface area contributed by atoms with Gasteiger partial charge in [0, 0.05) is 0 Å². The van der Waals surface area contributed by atoms with Gasteiger partial charge in [-0.2, -0.15) is 0 Å². The first kappa shape index (κ1) is 11.7. The van der Waals surface area contributed by atoms with E-state index in [0.29, 0.717) is 0 Å². The van der Waals surface area contributed by atoms with Crippen LogP contribution in [0.1, 0.15) is 10.4 Å². The second-order valence-corrected chi connectivity index (χ2v) is 2.19. The number of halogens is 2. The van der Waals surface area contributed by atoms with Crippen LogP contribution >= 0.6 is 12.4 Å². The van der Waals surface area contributed by atoms with Crippen LogP contribution < -0.4 is 5.73 Å². The zero-order valence-electron chi connectivity index (χ0n) is 6.91. The van der Waals surface area contributed by atoms with Gasteiger partial charge >= 0.3 is 5.97 Å². The second kappa shape index (κ2) is 4.67. The highest BCUT2D eigenvalue weighted by molar-refractivity contribution is 5.94. The predicted octanol–water partition coefficient (Wildman–Crippen LogP) is 1.62. The molecule has 13 heavy (non-hydrogen) atoms. The Labute approximate surface area is 81.1 Å². The van der Waals surface area contributed by atoms with Crippen molar-refractivity contribution in [1.82, 2.24) is 0 Å². The molecular formula is C8H9ClFNO2. The summed E-state index contributed by atoms with van der Waals surface area (Å²) in [5, 5.41) is 0. The van der Waals surface area contributed by atoms with Gasteiger partial charge < -0.3 is 10.5 Å². The van der Waals surface area contributed by atoms with E-state index in [1.165, 1.54) is 25.3 Å². The van der Waals surface area contributed by atoms with E-state index in [9.17, 15) is 9.18 Å². The third-order valence-electron chi connectivity index (χ3n) is 1.46. The molecule has 0 heterocycles. The molecule has 0 aromatic heterocycles. The molecule has 72 valence electrons. The summed E-state index contributed by atoms with van der Waals surface area (Å²) in [5.41, 5.74) is 5.16. The number of nitrogen functional groups attached to an aromatic ring is 1. The van der Waals surface area contributed by atoms with Crippen molar-refractivity contribution in [3.05, 3.63) is 29.6 Å². The van der Waals surface area contributed by atoms with Crippen LogP contribution in [0.5, 0.6) is 0 Å². The van der Waals surface area contributed by atoms with Gasteiger partial charge in [-0.05, 0) is 12.1 Å². The molecule has 0 aliphatic heterocycles. The van der Waals surface area contributed by atoms with E-state index in [4.69, 9.17) is 5.73 Å². The van der Waals surface area contributed by atoms with Crippen molar-refractivity contribution >= 4 is 24.1 Å².